The van der Waals surface area contributed by atoms with E-state index in [9.17, 15) is 19.2 Å². The van der Waals surface area contributed by atoms with Crippen LogP contribution in [0.15, 0.2) is 0 Å². The number of ketones is 1. The van der Waals surface area contributed by atoms with Crippen molar-refractivity contribution < 1.29 is 33.9 Å². The predicted octanol–water partition coefficient (Wildman–Crippen LogP) is 2.04. The Morgan fingerprint density at radius 1 is 1.00 bits per heavy atom. The Bertz CT molecular complexity index is 657. The van der Waals surface area contributed by atoms with E-state index < -0.39 is 52.6 Å². The number of carboxylic acids is 1. The number of rotatable bonds is 11. The summed E-state index contributed by atoms with van der Waals surface area (Å²) in [6.45, 7) is 16.2. The van der Waals surface area contributed by atoms with Gasteiger partial charge in [-0.05, 0) is 44.9 Å². The summed E-state index contributed by atoms with van der Waals surface area (Å²) in [6.07, 6.45) is 0.334. The van der Waals surface area contributed by atoms with Crippen LogP contribution < -0.4 is 16.9 Å². The van der Waals surface area contributed by atoms with Crippen molar-refractivity contribution in [3.63, 3.8) is 0 Å². The summed E-state index contributed by atoms with van der Waals surface area (Å²) in [5, 5.41) is 8.23. The van der Waals surface area contributed by atoms with Gasteiger partial charge in [-0.3, -0.25) is 19.2 Å². The Labute approximate surface area is 198 Å². The predicted molar refractivity (Wildman–Crippen MR) is 126 cm³/mol. The number of carboxylic acid groups (broad SMARTS) is 1. The first-order valence-electron chi connectivity index (χ1n) is 11.2. The van der Waals surface area contributed by atoms with Crippen molar-refractivity contribution in [1.82, 2.24) is 5.48 Å². The summed E-state index contributed by atoms with van der Waals surface area (Å²) in [6, 6.07) is -0.713. The fourth-order valence-electron chi connectivity index (χ4n) is 2.74. The Morgan fingerprint density at radius 2 is 1.48 bits per heavy atom. The molecule has 0 saturated carbocycles. The lowest BCUT2D eigenvalue weighted by atomic mass is 9.75. The van der Waals surface area contributed by atoms with Crippen LogP contribution in [0, 0.1) is 23.7 Å². The number of nitrogens with two attached hydrogens (primary N) is 2. The van der Waals surface area contributed by atoms with E-state index in [1.54, 1.807) is 48.5 Å². The molecule has 0 aliphatic carbocycles. The lowest BCUT2D eigenvalue weighted by Gasteiger charge is -2.33. The Morgan fingerprint density at radius 3 is 1.76 bits per heavy atom. The molecule has 0 bridgehead atoms. The molecule has 33 heavy (non-hydrogen) atoms. The summed E-state index contributed by atoms with van der Waals surface area (Å²) in [5.41, 5.74) is 11.3. The number of carbonyl (C=O) groups is 4. The Hall–Kier alpha value is -2.04. The SMILES string of the molecule is CC(C)[C@H](N)C(=O)O.COC(=O)[C@](N)(C(=O)C(CC(=O)NOC(C)(C)C)CC(C)C)C(C)C. The largest absolute Gasteiger partial charge is 0.480 e. The number of aliphatic carboxylic acids is 1. The lowest BCUT2D eigenvalue weighted by molar-refractivity contribution is -0.157. The van der Waals surface area contributed by atoms with E-state index in [2.05, 4.69) is 5.48 Å². The highest BCUT2D eigenvalue weighted by Crippen LogP contribution is 2.27. The molecule has 0 heterocycles. The van der Waals surface area contributed by atoms with Crippen molar-refractivity contribution in [3.05, 3.63) is 0 Å². The number of hydrogen-bond donors (Lipinski definition) is 4. The number of methoxy groups -OCH3 is 1. The molecule has 0 aromatic rings. The van der Waals surface area contributed by atoms with Crippen LogP contribution in [0.5, 0.6) is 0 Å². The maximum atomic E-state index is 13.0. The first-order valence-corrected chi connectivity index (χ1v) is 11.2. The van der Waals surface area contributed by atoms with Crippen LogP contribution >= 0.6 is 0 Å². The monoisotopic (exact) mass is 475 g/mol. The summed E-state index contributed by atoms with van der Waals surface area (Å²) < 4.78 is 4.74. The number of ether oxygens (including phenoxy) is 1. The number of hydroxylamine groups is 1. The second-order valence-corrected chi connectivity index (χ2v) is 10.3. The van der Waals surface area contributed by atoms with Gasteiger partial charge >= 0.3 is 11.9 Å². The Kier molecular flexibility index (Phi) is 14.3. The zero-order valence-electron chi connectivity index (χ0n) is 21.9. The molecule has 0 spiro atoms. The van der Waals surface area contributed by atoms with Crippen LogP contribution in [0.1, 0.15) is 75.2 Å². The first kappa shape index (κ1) is 33.1. The van der Waals surface area contributed by atoms with Crippen LogP contribution in [0.25, 0.3) is 0 Å². The fourth-order valence-corrected chi connectivity index (χ4v) is 2.74. The molecular weight excluding hydrogens is 430 g/mol. The zero-order valence-corrected chi connectivity index (χ0v) is 21.9. The van der Waals surface area contributed by atoms with Gasteiger partial charge in [0, 0.05) is 12.3 Å². The smallest absolute Gasteiger partial charge is 0.333 e. The highest BCUT2D eigenvalue weighted by atomic mass is 16.7. The van der Waals surface area contributed by atoms with Crippen LogP contribution in [0.2, 0.25) is 0 Å². The van der Waals surface area contributed by atoms with E-state index in [0.29, 0.717) is 6.42 Å². The molecule has 1 unspecified atom stereocenters. The lowest BCUT2D eigenvalue weighted by Crippen LogP contribution is -2.61. The van der Waals surface area contributed by atoms with E-state index in [-0.39, 0.29) is 18.3 Å². The van der Waals surface area contributed by atoms with Gasteiger partial charge in [0.1, 0.15) is 6.04 Å². The van der Waals surface area contributed by atoms with E-state index >= 15 is 0 Å². The highest BCUT2D eigenvalue weighted by molar-refractivity contribution is 6.10. The van der Waals surface area contributed by atoms with Gasteiger partial charge in [-0.15, -0.1) is 0 Å². The van der Waals surface area contributed by atoms with Gasteiger partial charge in [0.15, 0.2) is 11.3 Å². The maximum absolute atomic E-state index is 13.0. The normalized spacial score (nSPS) is 15.2. The molecule has 1 amide bonds. The molecule has 10 nitrogen and oxygen atoms in total. The van der Waals surface area contributed by atoms with Crippen molar-refractivity contribution in [2.24, 2.45) is 35.1 Å². The van der Waals surface area contributed by atoms with Crippen molar-refractivity contribution in [2.45, 2.75) is 92.3 Å². The number of carbonyl (C=O) groups excluding carboxylic acids is 3. The number of amides is 1. The third kappa shape index (κ3) is 12.1. The van der Waals surface area contributed by atoms with E-state index in [1.165, 1.54) is 7.11 Å². The summed E-state index contributed by atoms with van der Waals surface area (Å²) in [5.74, 6) is -3.61. The molecule has 0 aliphatic heterocycles. The van der Waals surface area contributed by atoms with Crippen molar-refractivity contribution in [2.75, 3.05) is 7.11 Å². The molecule has 3 atom stereocenters. The minimum Gasteiger partial charge on any atom is -0.480 e. The van der Waals surface area contributed by atoms with Gasteiger partial charge < -0.3 is 21.3 Å². The molecule has 0 aliphatic rings. The summed E-state index contributed by atoms with van der Waals surface area (Å²) in [4.78, 5) is 52.6. The quantitative estimate of drug-likeness (QED) is 0.198. The first-order chi connectivity index (χ1) is 14.8. The van der Waals surface area contributed by atoms with Gasteiger partial charge in [-0.2, -0.15) is 0 Å². The number of nitrogens with one attached hydrogen (secondary N) is 1. The van der Waals surface area contributed by atoms with Crippen molar-refractivity contribution in [1.29, 1.82) is 0 Å². The second-order valence-electron chi connectivity index (χ2n) is 10.3. The molecule has 0 saturated heterocycles. The van der Waals surface area contributed by atoms with E-state index in [0.717, 1.165) is 0 Å². The van der Waals surface area contributed by atoms with E-state index in [1.807, 2.05) is 13.8 Å². The van der Waals surface area contributed by atoms with E-state index in [4.69, 9.17) is 26.1 Å². The molecule has 0 rings (SSSR count). The molecule has 0 aromatic heterocycles. The average molecular weight is 476 g/mol. The summed E-state index contributed by atoms with van der Waals surface area (Å²) >= 11 is 0. The molecule has 6 N–H and O–H groups in total. The third-order valence-electron chi connectivity index (χ3n) is 4.87. The standard InChI is InChI=1S/C18H34N2O5.C5H11NO2/c1-11(2)9-13(10-14(21)20-25-17(5,6)7)15(22)18(19,12(3)4)16(23)24-8;1-3(2)4(6)5(7)8/h11-13H,9-10,19H2,1-8H3,(H,20,21);3-4H,6H2,1-2H3,(H,7,8)/t13?,18-;4-/m10/s1. The third-order valence-corrected chi connectivity index (χ3v) is 4.87. The fraction of sp³-hybridized carbons (Fsp3) is 0.826. The van der Waals surface area contributed by atoms with Gasteiger partial charge in [-0.25, -0.2) is 10.3 Å². The topological polar surface area (TPSA) is 171 Å². The summed E-state index contributed by atoms with van der Waals surface area (Å²) in [7, 11) is 1.20. The Balaban J connectivity index is 0. The molecular formula is C23H45N3O7. The van der Waals surface area contributed by atoms with Gasteiger partial charge in [-0.1, -0.05) is 41.5 Å². The minimum atomic E-state index is -1.78. The van der Waals surface area contributed by atoms with Gasteiger partial charge in [0.25, 0.3) is 0 Å². The van der Waals surface area contributed by atoms with Crippen LogP contribution in [-0.4, -0.2) is 53.0 Å². The van der Waals surface area contributed by atoms with Gasteiger partial charge in [0.2, 0.25) is 5.91 Å². The highest BCUT2D eigenvalue weighted by Gasteiger charge is 2.49. The number of Topliss-reactive ketones (excluding diaryl/α,β-unsaturated/α-hetero) is 1. The van der Waals surface area contributed by atoms with Crippen molar-refractivity contribution in [3.8, 4) is 0 Å². The van der Waals surface area contributed by atoms with Crippen LogP contribution in [0.4, 0.5) is 0 Å². The van der Waals surface area contributed by atoms with Crippen LogP contribution in [-0.2, 0) is 28.8 Å². The maximum Gasteiger partial charge on any atom is 0.333 e. The number of hydrogen-bond acceptors (Lipinski definition) is 8. The molecule has 194 valence electrons. The molecule has 0 aromatic carbocycles. The second kappa shape index (κ2) is 14.3. The van der Waals surface area contributed by atoms with Crippen molar-refractivity contribution >= 4 is 23.6 Å². The molecule has 0 fully saturated rings. The zero-order chi connectivity index (χ0) is 26.7. The van der Waals surface area contributed by atoms with Crippen LogP contribution in [0.3, 0.4) is 0 Å². The molecule has 10 heteroatoms. The van der Waals surface area contributed by atoms with Gasteiger partial charge in [0.05, 0.1) is 12.7 Å². The molecule has 0 radical (unpaired) electrons. The average Bonchev–Trinajstić information content (AvgIpc) is 2.68. The minimum absolute atomic E-state index is 0.0208. The number of esters is 1.